The van der Waals surface area contributed by atoms with Crippen molar-refractivity contribution in [2.75, 3.05) is 0 Å². The second-order valence-electron chi connectivity index (χ2n) is 5.34. The fraction of sp³-hybridized carbons (Fsp3) is 0.786. The minimum Gasteiger partial charge on any atom is -0.341 e. The Bertz CT molecular complexity index is 308. The average Bonchev–Trinajstić information content (AvgIpc) is 2.28. The number of carbonyl (C=O) groups is 1. The summed E-state index contributed by atoms with van der Waals surface area (Å²) >= 11 is 0. The number of nitrogens with two attached hydrogens (primary N) is 1. The number of rotatable bonds is 4. The number of hydrogen-bond donors (Lipinski definition) is 2. The number of nitrogens with one attached hydrogen (secondary N) is 1. The lowest BCUT2D eigenvalue weighted by atomic mass is 9.76. The van der Waals surface area contributed by atoms with Gasteiger partial charge in [0.2, 0.25) is 5.91 Å². The zero-order valence-corrected chi connectivity index (χ0v) is 11.0. The number of hydrogen-bond acceptors (Lipinski definition) is 2. The maximum Gasteiger partial charge on any atom is 0.241 e. The summed E-state index contributed by atoms with van der Waals surface area (Å²) in [5.41, 5.74) is 5.50. The lowest BCUT2D eigenvalue weighted by molar-refractivity contribution is -0.128. The second-order valence-corrected chi connectivity index (χ2v) is 5.34. The summed E-state index contributed by atoms with van der Waals surface area (Å²) in [4.78, 5) is 12.2. The summed E-state index contributed by atoms with van der Waals surface area (Å²) in [6.07, 6.45) is 10.9. The first-order valence-electron chi connectivity index (χ1n) is 6.58. The van der Waals surface area contributed by atoms with E-state index in [2.05, 4.69) is 25.1 Å². The van der Waals surface area contributed by atoms with Gasteiger partial charge in [0.05, 0.1) is 11.6 Å². The molecule has 3 nitrogen and oxygen atoms in total. The highest BCUT2D eigenvalue weighted by molar-refractivity contribution is 5.86. The molecule has 17 heavy (non-hydrogen) atoms. The van der Waals surface area contributed by atoms with Crippen LogP contribution in [-0.4, -0.2) is 17.5 Å². The van der Waals surface area contributed by atoms with E-state index in [-0.39, 0.29) is 11.9 Å². The van der Waals surface area contributed by atoms with Crippen LogP contribution in [0.25, 0.3) is 0 Å². The highest BCUT2D eigenvalue weighted by Crippen LogP contribution is 2.30. The second kappa shape index (κ2) is 6.07. The van der Waals surface area contributed by atoms with Gasteiger partial charge < -0.3 is 11.1 Å². The molecule has 3 unspecified atom stereocenters. The van der Waals surface area contributed by atoms with Gasteiger partial charge in [-0.05, 0) is 25.2 Å². The highest BCUT2D eigenvalue weighted by Gasteiger charge is 2.38. The summed E-state index contributed by atoms with van der Waals surface area (Å²) in [6, 6.07) is -0.176. The van der Waals surface area contributed by atoms with Gasteiger partial charge in [0.25, 0.3) is 0 Å². The van der Waals surface area contributed by atoms with E-state index in [0.717, 1.165) is 32.1 Å². The van der Waals surface area contributed by atoms with Gasteiger partial charge in [0.1, 0.15) is 0 Å². The Hall–Kier alpha value is -1.01. The molecule has 0 aliphatic heterocycles. The Labute approximate surface area is 105 Å². The normalized spacial score (nSPS) is 30.4. The van der Waals surface area contributed by atoms with E-state index >= 15 is 0 Å². The van der Waals surface area contributed by atoms with Gasteiger partial charge >= 0.3 is 0 Å². The lowest BCUT2D eigenvalue weighted by Gasteiger charge is -2.36. The largest absolute Gasteiger partial charge is 0.341 e. The van der Waals surface area contributed by atoms with Crippen LogP contribution in [0.15, 0.2) is 0 Å². The van der Waals surface area contributed by atoms with Crippen LogP contribution in [-0.2, 0) is 4.79 Å². The van der Waals surface area contributed by atoms with Gasteiger partial charge in [0, 0.05) is 0 Å². The molecule has 3 N–H and O–H groups in total. The van der Waals surface area contributed by atoms with Crippen molar-refractivity contribution in [1.82, 2.24) is 5.32 Å². The molecular weight excluding hydrogens is 212 g/mol. The van der Waals surface area contributed by atoms with Crippen molar-refractivity contribution in [3.63, 3.8) is 0 Å². The van der Waals surface area contributed by atoms with E-state index in [1.54, 1.807) is 0 Å². The molecule has 1 aliphatic rings. The first-order chi connectivity index (χ1) is 8.01. The van der Waals surface area contributed by atoms with Crippen LogP contribution >= 0.6 is 0 Å². The van der Waals surface area contributed by atoms with Crippen molar-refractivity contribution in [3.8, 4) is 12.3 Å². The van der Waals surface area contributed by atoms with E-state index in [1.165, 1.54) is 6.42 Å². The molecule has 0 saturated heterocycles. The molecule has 0 aromatic carbocycles. The monoisotopic (exact) mass is 236 g/mol. The van der Waals surface area contributed by atoms with E-state index in [0.29, 0.717) is 5.92 Å². The molecule has 0 spiro atoms. The predicted molar refractivity (Wildman–Crippen MR) is 70.2 cm³/mol. The fourth-order valence-electron chi connectivity index (χ4n) is 2.59. The molecule has 1 fully saturated rings. The van der Waals surface area contributed by atoms with Crippen LogP contribution < -0.4 is 11.1 Å². The highest BCUT2D eigenvalue weighted by atomic mass is 16.2. The fourth-order valence-corrected chi connectivity index (χ4v) is 2.59. The third-order valence-electron chi connectivity index (χ3n) is 3.57. The molecular formula is C14H24N2O. The smallest absolute Gasteiger partial charge is 0.241 e. The molecule has 1 amide bonds. The maximum atomic E-state index is 12.2. The van der Waals surface area contributed by atoms with Crippen molar-refractivity contribution < 1.29 is 4.79 Å². The summed E-state index contributed by atoms with van der Waals surface area (Å²) in [7, 11) is 0. The summed E-state index contributed by atoms with van der Waals surface area (Å²) in [6.45, 7) is 4.20. The minimum absolute atomic E-state index is 0.0690. The molecule has 1 rings (SSSR count). The molecule has 0 heterocycles. The maximum absolute atomic E-state index is 12.2. The summed E-state index contributed by atoms with van der Waals surface area (Å²) in [5.74, 6) is 3.07. The number of amides is 1. The average molecular weight is 236 g/mol. The summed E-state index contributed by atoms with van der Waals surface area (Å²) < 4.78 is 0. The van der Waals surface area contributed by atoms with Gasteiger partial charge in [-0.25, -0.2) is 0 Å². The van der Waals surface area contributed by atoms with E-state index in [9.17, 15) is 4.79 Å². The van der Waals surface area contributed by atoms with Crippen LogP contribution in [0.4, 0.5) is 0 Å². The SMILES string of the molecule is C#CC(CCC)NC(=O)C1(N)CCCC(C)C1. The van der Waals surface area contributed by atoms with Crippen molar-refractivity contribution in [2.45, 2.75) is 64.0 Å². The first kappa shape index (κ1) is 14.1. The van der Waals surface area contributed by atoms with Gasteiger partial charge in [-0.2, -0.15) is 0 Å². The Kier molecular flexibility index (Phi) is 5.02. The topological polar surface area (TPSA) is 55.1 Å². The van der Waals surface area contributed by atoms with Crippen molar-refractivity contribution in [1.29, 1.82) is 0 Å². The van der Waals surface area contributed by atoms with Crippen molar-refractivity contribution >= 4 is 5.91 Å². The Morgan fingerprint density at radius 3 is 2.94 bits per heavy atom. The third kappa shape index (κ3) is 3.74. The molecule has 96 valence electrons. The van der Waals surface area contributed by atoms with Crippen LogP contribution in [0.5, 0.6) is 0 Å². The Morgan fingerprint density at radius 2 is 2.41 bits per heavy atom. The van der Waals surface area contributed by atoms with Gasteiger partial charge in [0.15, 0.2) is 0 Å². The Morgan fingerprint density at radius 1 is 1.71 bits per heavy atom. The zero-order chi connectivity index (χ0) is 12.9. The quantitative estimate of drug-likeness (QED) is 0.731. The van der Waals surface area contributed by atoms with Crippen molar-refractivity contribution in [3.05, 3.63) is 0 Å². The van der Waals surface area contributed by atoms with E-state index < -0.39 is 5.54 Å². The lowest BCUT2D eigenvalue weighted by Crippen LogP contribution is -2.57. The molecule has 3 heteroatoms. The van der Waals surface area contributed by atoms with Gasteiger partial charge in [-0.15, -0.1) is 6.42 Å². The molecule has 0 aromatic heterocycles. The predicted octanol–water partition coefficient (Wildman–Crippen LogP) is 1.81. The minimum atomic E-state index is -0.708. The van der Waals surface area contributed by atoms with Crippen LogP contribution in [0.3, 0.4) is 0 Å². The van der Waals surface area contributed by atoms with E-state index in [4.69, 9.17) is 12.2 Å². The molecule has 3 atom stereocenters. The molecule has 0 bridgehead atoms. The van der Waals surface area contributed by atoms with Gasteiger partial charge in [-0.3, -0.25) is 4.79 Å². The number of terminal acetylenes is 1. The van der Waals surface area contributed by atoms with Crippen LogP contribution in [0.2, 0.25) is 0 Å². The molecule has 1 saturated carbocycles. The van der Waals surface area contributed by atoms with Crippen LogP contribution in [0.1, 0.15) is 52.4 Å². The first-order valence-corrected chi connectivity index (χ1v) is 6.58. The number of carbonyl (C=O) groups excluding carboxylic acids is 1. The summed E-state index contributed by atoms with van der Waals surface area (Å²) in [5, 5.41) is 2.90. The van der Waals surface area contributed by atoms with Crippen molar-refractivity contribution in [2.24, 2.45) is 11.7 Å². The Balaban J connectivity index is 2.59. The molecule has 0 aromatic rings. The standard InChI is InChI=1S/C14H24N2O/c1-4-7-12(5-2)16-13(17)14(15)9-6-8-11(3)10-14/h2,11-12H,4,6-10,15H2,1,3H3,(H,16,17). The van der Waals surface area contributed by atoms with E-state index in [1.807, 2.05) is 0 Å². The van der Waals surface area contributed by atoms with Gasteiger partial charge in [-0.1, -0.05) is 39.0 Å². The third-order valence-corrected chi connectivity index (χ3v) is 3.57. The van der Waals surface area contributed by atoms with Crippen LogP contribution in [0, 0.1) is 18.3 Å². The molecule has 1 aliphatic carbocycles. The zero-order valence-electron chi connectivity index (χ0n) is 11.0. The molecule has 0 radical (unpaired) electrons.